The third-order valence-electron chi connectivity index (χ3n) is 7.94. The molecule has 5 rings (SSSR count). The van der Waals surface area contributed by atoms with Gasteiger partial charge < -0.3 is 30.1 Å². The number of hydrogen-bond donors (Lipinski definition) is 2. The van der Waals surface area contributed by atoms with Crippen molar-refractivity contribution in [1.82, 2.24) is 20.2 Å². The van der Waals surface area contributed by atoms with Crippen LogP contribution in [0.2, 0.25) is 0 Å². The number of nitrogens with zero attached hydrogens (tertiary/aromatic N) is 5. The van der Waals surface area contributed by atoms with Crippen molar-refractivity contribution in [2.75, 3.05) is 49.4 Å². The van der Waals surface area contributed by atoms with Gasteiger partial charge in [0.2, 0.25) is 11.9 Å². The maximum atomic E-state index is 13.0. The average Bonchev–Trinajstić information content (AvgIpc) is 3.74. The highest BCUT2D eigenvalue weighted by Gasteiger charge is 2.42. The summed E-state index contributed by atoms with van der Waals surface area (Å²) in [6.07, 6.45) is 5.79. The molecule has 2 amide bonds. The normalized spacial score (nSPS) is 22.9. The molecular formula is C27H37N7O3. The van der Waals surface area contributed by atoms with Crippen molar-refractivity contribution in [2.45, 2.75) is 57.7 Å². The van der Waals surface area contributed by atoms with Gasteiger partial charge in [0.25, 0.3) is 5.91 Å². The van der Waals surface area contributed by atoms with Crippen LogP contribution in [0.1, 0.15) is 49.9 Å². The minimum atomic E-state index is -0.149. The monoisotopic (exact) mass is 507 g/mol. The van der Waals surface area contributed by atoms with Crippen LogP contribution in [0.5, 0.6) is 5.75 Å². The Hall–Kier alpha value is -3.40. The van der Waals surface area contributed by atoms with E-state index in [0.717, 1.165) is 44.6 Å². The summed E-state index contributed by atoms with van der Waals surface area (Å²) in [5.41, 5.74) is 1.93. The molecule has 198 valence electrons. The second kappa shape index (κ2) is 10.2. The lowest BCUT2D eigenvalue weighted by atomic mass is 10.0. The van der Waals surface area contributed by atoms with Crippen LogP contribution in [-0.2, 0) is 4.79 Å². The highest BCUT2D eigenvalue weighted by molar-refractivity contribution is 5.99. The van der Waals surface area contributed by atoms with Crippen LogP contribution in [-0.4, -0.2) is 79.1 Å². The number of piperidine rings is 1. The Morgan fingerprint density at radius 2 is 1.84 bits per heavy atom. The number of amides is 2. The molecule has 10 nitrogen and oxygen atoms in total. The van der Waals surface area contributed by atoms with E-state index >= 15 is 0 Å². The molecule has 1 saturated carbocycles. The highest BCUT2D eigenvalue weighted by Crippen LogP contribution is 2.42. The molecule has 1 aliphatic carbocycles. The molecule has 1 aromatic carbocycles. The van der Waals surface area contributed by atoms with Crippen molar-refractivity contribution in [3.05, 3.63) is 30.0 Å². The maximum Gasteiger partial charge on any atom is 0.251 e. The lowest BCUT2D eigenvalue weighted by Gasteiger charge is -2.31. The molecule has 1 saturated heterocycles. The van der Waals surface area contributed by atoms with Crippen LogP contribution >= 0.6 is 0 Å². The van der Waals surface area contributed by atoms with Gasteiger partial charge >= 0.3 is 0 Å². The van der Waals surface area contributed by atoms with Gasteiger partial charge in [-0.2, -0.15) is 4.98 Å². The smallest absolute Gasteiger partial charge is 0.251 e. The molecule has 0 spiro atoms. The minimum absolute atomic E-state index is 0.0309. The third-order valence-corrected chi connectivity index (χ3v) is 7.94. The van der Waals surface area contributed by atoms with Gasteiger partial charge in [0.15, 0.2) is 5.82 Å². The Morgan fingerprint density at radius 1 is 1.11 bits per heavy atom. The predicted octanol–water partition coefficient (Wildman–Crippen LogP) is 3.02. The van der Waals surface area contributed by atoms with E-state index < -0.39 is 0 Å². The van der Waals surface area contributed by atoms with Crippen molar-refractivity contribution in [2.24, 2.45) is 5.92 Å². The summed E-state index contributed by atoms with van der Waals surface area (Å²) in [5.74, 6) is 1.52. The van der Waals surface area contributed by atoms with Gasteiger partial charge in [0, 0.05) is 30.7 Å². The summed E-state index contributed by atoms with van der Waals surface area (Å²) in [5, 5.41) is 6.41. The first-order valence-corrected chi connectivity index (χ1v) is 13.1. The Balaban J connectivity index is 1.37. The molecule has 2 fully saturated rings. The number of nitrogens with one attached hydrogen (secondary N) is 2. The van der Waals surface area contributed by atoms with E-state index in [0.29, 0.717) is 34.7 Å². The zero-order valence-electron chi connectivity index (χ0n) is 22.3. The molecule has 2 atom stereocenters. The molecule has 2 aromatic rings. The van der Waals surface area contributed by atoms with Crippen LogP contribution in [0.3, 0.4) is 0 Å². The van der Waals surface area contributed by atoms with E-state index in [1.807, 2.05) is 13.0 Å². The fourth-order valence-electron chi connectivity index (χ4n) is 5.25. The summed E-state index contributed by atoms with van der Waals surface area (Å²) in [7, 11) is 5.47. The van der Waals surface area contributed by atoms with Gasteiger partial charge in [-0.1, -0.05) is 6.92 Å². The minimum Gasteiger partial charge on any atom is -0.495 e. The van der Waals surface area contributed by atoms with Crippen LogP contribution < -0.4 is 25.2 Å². The molecule has 37 heavy (non-hydrogen) atoms. The summed E-state index contributed by atoms with van der Waals surface area (Å²) in [6.45, 7) is 6.04. The number of likely N-dealkylation sites (tertiary alicyclic amines) is 1. The number of methoxy groups -OCH3 is 1. The highest BCUT2D eigenvalue weighted by atomic mass is 16.5. The van der Waals surface area contributed by atoms with Crippen molar-refractivity contribution in [1.29, 1.82) is 0 Å². The van der Waals surface area contributed by atoms with Gasteiger partial charge in [-0.25, -0.2) is 4.98 Å². The quantitative estimate of drug-likeness (QED) is 0.615. The van der Waals surface area contributed by atoms with Crippen LogP contribution in [0.25, 0.3) is 0 Å². The largest absolute Gasteiger partial charge is 0.495 e. The molecule has 10 heteroatoms. The summed E-state index contributed by atoms with van der Waals surface area (Å²) >= 11 is 0. The number of fused-ring (bicyclic) bond motifs is 1. The second-order valence-corrected chi connectivity index (χ2v) is 10.6. The van der Waals surface area contributed by atoms with Gasteiger partial charge in [0.1, 0.15) is 11.4 Å². The molecule has 2 unspecified atom stereocenters. The van der Waals surface area contributed by atoms with E-state index in [1.165, 1.54) is 0 Å². The van der Waals surface area contributed by atoms with Gasteiger partial charge in [-0.15, -0.1) is 0 Å². The molecule has 3 heterocycles. The molecular weight excluding hydrogens is 470 g/mol. The Kier molecular flexibility index (Phi) is 6.94. The van der Waals surface area contributed by atoms with Gasteiger partial charge in [-0.3, -0.25) is 9.59 Å². The molecule has 3 aliphatic rings. The van der Waals surface area contributed by atoms with Crippen LogP contribution in [0.4, 0.5) is 23.1 Å². The zero-order valence-corrected chi connectivity index (χ0v) is 22.3. The summed E-state index contributed by atoms with van der Waals surface area (Å²) in [6, 6.07) is 5.94. The van der Waals surface area contributed by atoms with Crippen LogP contribution in [0, 0.1) is 5.92 Å². The SMILES string of the molecule is COc1cc(C(=O)NC2CCN(C)CC2)ccc1Nc1ncc2c(n1)N(C1CC1)C(C)C(C)C(=O)N2C. The second-order valence-electron chi connectivity index (χ2n) is 10.6. The van der Waals surface area contributed by atoms with Crippen molar-refractivity contribution >= 4 is 35.0 Å². The Morgan fingerprint density at radius 3 is 2.51 bits per heavy atom. The number of ether oxygens (including phenoxy) is 1. The standard InChI is InChI=1S/C27H37N7O3/c1-16-17(2)34(20-7-8-20)24-22(33(4)26(16)36)15-28-27(31-24)30-21-9-6-18(14-23(21)37-5)25(35)29-19-10-12-32(3)13-11-19/h6,9,14-17,19-20H,7-8,10-13H2,1-5H3,(H,29,35)(H,28,30,31). The van der Waals surface area contributed by atoms with Gasteiger partial charge in [-0.05, 0) is 70.9 Å². The third kappa shape index (κ3) is 5.07. The number of carbonyl (C=O) groups is 2. The summed E-state index contributed by atoms with van der Waals surface area (Å²) < 4.78 is 5.61. The van der Waals surface area contributed by atoms with Crippen molar-refractivity contribution in [3.8, 4) is 5.75 Å². The Bertz CT molecular complexity index is 1180. The first-order chi connectivity index (χ1) is 17.8. The number of hydrogen-bond acceptors (Lipinski definition) is 8. The molecule has 0 radical (unpaired) electrons. The fourth-order valence-corrected chi connectivity index (χ4v) is 5.25. The number of carbonyl (C=O) groups excluding carboxylic acids is 2. The zero-order chi connectivity index (χ0) is 26.3. The van der Waals surface area contributed by atoms with Gasteiger partial charge in [0.05, 0.1) is 24.9 Å². The van der Waals surface area contributed by atoms with E-state index in [9.17, 15) is 9.59 Å². The molecule has 2 N–H and O–H groups in total. The van der Waals surface area contributed by atoms with Crippen molar-refractivity contribution in [3.63, 3.8) is 0 Å². The van der Waals surface area contributed by atoms with E-state index in [4.69, 9.17) is 9.72 Å². The number of benzene rings is 1. The maximum absolute atomic E-state index is 13.0. The van der Waals surface area contributed by atoms with Crippen molar-refractivity contribution < 1.29 is 14.3 Å². The fraction of sp³-hybridized carbons (Fsp3) is 0.556. The predicted molar refractivity (Wildman–Crippen MR) is 144 cm³/mol. The number of rotatable bonds is 6. The molecule has 1 aromatic heterocycles. The lowest BCUT2D eigenvalue weighted by molar-refractivity contribution is -0.121. The topological polar surface area (TPSA) is 103 Å². The first kappa shape index (κ1) is 25.3. The lowest BCUT2D eigenvalue weighted by Crippen LogP contribution is -2.43. The Labute approximate surface area is 218 Å². The molecule has 2 aliphatic heterocycles. The number of aromatic nitrogens is 2. The number of anilines is 4. The first-order valence-electron chi connectivity index (χ1n) is 13.1. The average molecular weight is 508 g/mol. The van der Waals surface area contributed by atoms with E-state index in [2.05, 4.69) is 39.4 Å². The van der Waals surface area contributed by atoms with E-state index in [-0.39, 0.29) is 29.8 Å². The molecule has 0 bridgehead atoms. The van der Waals surface area contributed by atoms with E-state index in [1.54, 1.807) is 37.4 Å². The van der Waals surface area contributed by atoms with Crippen LogP contribution in [0.15, 0.2) is 24.4 Å². The summed E-state index contributed by atoms with van der Waals surface area (Å²) in [4.78, 5) is 41.5.